The van der Waals surface area contributed by atoms with Gasteiger partial charge < -0.3 is 0 Å². The van der Waals surface area contributed by atoms with E-state index in [1.165, 1.54) is 0 Å². The van der Waals surface area contributed by atoms with Crippen LogP contribution in [-0.2, 0) is 10.0 Å². The number of rotatable bonds is 1. The fourth-order valence-corrected chi connectivity index (χ4v) is 2.83. The molecule has 0 amide bonds. The van der Waals surface area contributed by atoms with Crippen LogP contribution in [0.25, 0.3) is 10.1 Å². The second kappa shape index (κ2) is 2.76. The molecule has 0 spiro atoms. The van der Waals surface area contributed by atoms with E-state index in [4.69, 9.17) is 5.14 Å². The Bertz CT molecular complexity index is 544. The Balaban J connectivity index is 2.87. The second-order valence-corrected chi connectivity index (χ2v) is 4.81. The largest absolute Gasteiger partial charge is 0.257 e. The van der Waals surface area contributed by atoms with Crippen molar-refractivity contribution in [2.75, 3.05) is 0 Å². The highest BCUT2D eigenvalue weighted by Crippen LogP contribution is 2.24. The number of hydrogen-bond acceptors (Lipinski definition) is 4. The summed E-state index contributed by atoms with van der Waals surface area (Å²) in [5, 5.41) is 5.54. The molecule has 13 heavy (non-hydrogen) atoms. The van der Waals surface area contributed by atoms with Crippen LogP contribution >= 0.6 is 11.5 Å². The Labute approximate surface area is 79.2 Å². The van der Waals surface area contributed by atoms with Gasteiger partial charge in [0.15, 0.2) is 5.03 Å². The van der Waals surface area contributed by atoms with Crippen LogP contribution in [0, 0.1) is 0 Å². The minimum atomic E-state index is -3.69. The molecule has 1 heterocycles. The molecule has 0 radical (unpaired) electrons. The van der Waals surface area contributed by atoms with Crippen LogP contribution in [0.4, 0.5) is 0 Å². The van der Waals surface area contributed by atoms with Crippen molar-refractivity contribution < 1.29 is 8.42 Å². The molecule has 0 bridgehead atoms. The zero-order valence-corrected chi connectivity index (χ0v) is 8.10. The summed E-state index contributed by atoms with van der Waals surface area (Å²) >= 11 is 1.13. The smallest absolute Gasteiger partial charge is 0.223 e. The molecular weight excluding hydrogens is 208 g/mol. The molecule has 2 rings (SSSR count). The molecule has 0 unspecified atom stereocenters. The van der Waals surface area contributed by atoms with E-state index in [0.717, 1.165) is 16.2 Å². The molecule has 68 valence electrons. The van der Waals surface area contributed by atoms with Crippen molar-refractivity contribution in [2.45, 2.75) is 5.03 Å². The molecule has 0 aliphatic rings. The first-order valence-electron chi connectivity index (χ1n) is 3.46. The van der Waals surface area contributed by atoms with Crippen molar-refractivity contribution in [1.82, 2.24) is 4.37 Å². The van der Waals surface area contributed by atoms with Crippen molar-refractivity contribution >= 4 is 31.6 Å². The molecule has 0 aliphatic heterocycles. The number of benzene rings is 1. The molecule has 2 aromatic rings. The lowest BCUT2D eigenvalue weighted by Crippen LogP contribution is -2.12. The highest BCUT2D eigenvalue weighted by molar-refractivity contribution is 7.89. The highest BCUT2D eigenvalue weighted by Gasteiger charge is 2.15. The topological polar surface area (TPSA) is 73.1 Å². The van der Waals surface area contributed by atoms with Crippen LogP contribution < -0.4 is 5.14 Å². The third-order valence-electron chi connectivity index (χ3n) is 1.61. The molecule has 4 nitrogen and oxygen atoms in total. The van der Waals surface area contributed by atoms with Gasteiger partial charge in [-0.2, -0.15) is 4.37 Å². The summed E-state index contributed by atoms with van der Waals surface area (Å²) < 4.78 is 26.7. The minimum Gasteiger partial charge on any atom is -0.223 e. The first-order valence-corrected chi connectivity index (χ1v) is 5.78. The summed E-state index contributed by atoms with van der Waals surface area (Å²) in [7, 11) is -3.69. The highest BCUT2D eigenvalue weighted by atomic mass is 32.2. The summed E-state index contributed by atoms with van der Waals surface area (Å²) in [6.07, 6.45) is 0. The molecule has 1 aromatic carbocycles. The van der Waals surface area contributed by atoms with Gasteiger partial charge in [-0.25, -0.2) is 13.6 Å². The molecule has 1 aromatic heterocycles. The first-order chi connectivity index (χ1) is 6.09. The maximum atomic E-state index is 11.0. The molecule has 0 saturated carbocycles. The molecule has 6 heteroatoms. The summed E-state index contributed by atoms with van der Waals surface area (Å²) in [5.41, 5.74) is 0. The summed E-state index contributed by atoms with van der Waals surface area (Å²) in [6, 6.07) is 7.08. The second-order valence-electron chi connectivity index (χ2n) is 2.53. The Kier molecular flexibility index (Phi) is 1.83. The van der Waals surface area contributed by atoms with Crippen molar-refractivity contribution in [1.29, 1.82) is 0 Å². The third-order valence-corrected chi connectivity index (χ3v) is 3.41. The van der Waals surface area contributed by atoms with E-state index in [-0.39, 0.29) is 5.03 Å². The van der Waals surface area contributed by atoms with Crippen LogP contribution in [0.3, 0.4) is 0 Å². The number of nitrogens with two attached hydrogens (primary N) is 1. The Morgan fingerprint density at radius 3 is 2.69 bits per heavy atom. The number of fused-ring (bicyclic) bond motifs is 1. The predicted octanol–water partition coefficient (Wildman–Crippen LogP) is 0.944. The number of nitrogens with zero attached hydrogens (tertiary/aromatic N) is 1. The predicted molar refractivity (Wildman–Crippen MR) is 51.0 cm³/mol. The zero-order chi connectivity index (χ0) is 9.47. The SMILES string of the molecule is NS(=O)(=O)c1nsc2ccccc12. The van der Waals surface area contributed by atoms with E-state index in [9.17, 15) is 8.42 Å². The lowest BCUT2D eigenvalue weighted by atomic mass is 10.3. The number of hydrogen-bond donors (Lipinski definition) is 1. The van der Waals surface area contributed by atoms with E-state index in [2.05, 4.69) is 4.37 Å². The van der Waals surface area contributed by atoms with Gasteiger partial charge in [0.2, 0.25) is 0 Å². The summed E-state index contributed by atoms with van der Waals surface area (Å²) in [6.45, 7) is 0. The summed E-state index contributed by atoms with van der Waals surface area (Å²) in [5.74, 6) is 0. The standard InChI is InChI=1S/C7H6N2O2S2/c8-13(10,11)7-5-3-1-2-4-6(5)12-9-7/h1-4H,(H2,8,10,11). The van der Waals surface area contributed by atoms with Crippen LogP contribution in [0.5, 0.6) is 0 Å². The summed E-state index contributed by atoms with van der Waals surface area (Å²) in [4.78, 5) is 0. The molecule has 0 saturated heterocycles. The van der Waals surface area contributed by atoms with Crippen molar-refractivity contribution in [3.05, 3.63) is 24.3 Å². The van der Waals surface area contributed by atoms with Gasteiger partial charge in [0.25, 0.3) is 10.0 Å². The number of aromatic nitrogens is 1. The molecule has 0 aliphatic carbocycles. The monoisotopic (exact) mass is 214 g/mol. The maximum Gasteiger partial charge on any atom is 0.257 e. The number of primary sulfonamides is 1. The van der Waals surface area contributed by atoms with E-state index >= 15 is 0 Å². The van der Waals surface area contributed by atoms with Gasteiger partial charge in [-0.1, -0.05) is 18.2 Å². The van der Waals surface area contributed by atoms with Gasteiger partial charge in [-0.15, -0.1) is 0 Å². The zero-order valence-electron chi connectivity index (χ0n) is 6.47. The number of sulfonamides is 1. The molecule has 2 N–H and O–H groups in total. The van der Waals surface area contributed by atoms with Gasteiger partial charge in [0.05, 0.1) is 4.70 Å². The van der Waals surface area contributed by atoms with E-state index in [1.54, 1.807) is 12.1 Å². The normalized spacial score (nSPS) is 12.1. The average molecular weight is 214 g/mol. The molecule has 0 fully saturated rings. The van der Waals surface area contributed by atoms with Gasteiger partial charge in [0.1, 0.15) is 0 Å². The van der Waals surface area contributed by atoms with Crippen LogP contribution in [0.1, 0.15) is 0 Å². The molecule has 0 atom stereocenters. The average Bonchev–Trinajstić information content (AvgIpc) is 2.45. The Morgan fingerprint density at radius 1 is 1.31 bits per heavy atom. The Hall–Kier alpha value is -0.980. The van der Waals surface area contributed by atoms with E-state index in [0.29, 0.717) is 5.39 Å². The quantitative estimate of drug-likeness (QED) is 0.767. The van der Waals surface area contributed by atoms with Gasteiger partial charge >= 0.3 is 0 Å². The van der Waals surface area contributed by atoms with Crippen molar-refractivity contribution in [3.63, 3.8) is 0 Å². The lowest BCUT2D eigenvalue weighted by molar-refractivity contribution is 0.596. The Morgan fingerprint density at radius 2 is 2.00 bits per heavy atom. The van der Waals surface area contributed by atoms with Crippen molar-refractivity contribution in [3.8, 4) is 0 Å². The fourth-order valence-electron chi connectivity index (χ4n) is 1.07. The van der Waals surface area contributed by atoms with Crippen LogP contribution in [0.15, 0.2) is 29.3 Å². The van der Waals surface area contributed by atoms with Gasteiger partial charge in [0, 0.05) is 5.39 Å². The fraction of sp³-hybridized carbons (Fsp3) is 0. The van der Waals surface area contributed by atoms with E-state index in [1.807, 2.05) is 12.1 Å². The van der Waals surface area contributed by atoms with Crippen molar-refractivity contribution in [2.24, 2.45) is 5.14 Å². The molecular formula is C7H6N2O2S2. The lowest BCUT2D eigenvalue weighted by Gasteiger charge is -1.91. The van der Waals surface area contributed by atoms with Gasteiger partial charge in [-0.05, 0) is 17.6 Å². The van der Waals surface area contributed by atoms with Crippen LogP contribution in [-0.4, -0.2) is 12.8 Å². The maximum absolute atomic E-state index is 11.0. The van der Waals surface area contributed by atoms with Gasteiger partial charge in [-0.3, -0.25) is 0 Å². The van der Waals surface area contributed by atoms with Crippen LogP contribution in [0.2, 0.25) is 0 Å². The third kappa shape index (κ3) is 1.43. The first kappa shape index (κ1) is 8.61. The van der Waals surface area contributed by atoms with E-state index < -0.39 is 10.0 Å². The minimum absolute atomic E-state index is 0.0342.